The lowest BCUT2D eigenvalue weighted by Gasteiger charge is -2.20. The van der Waals surface area contributed by atoms with E-state index < -0.39 is 0 Å². The molecule has 0 saturated carbocycles. The molecule has 0 fully saturated rings. The first-order valence-corrected chi connectivity index (χ1v) is 9.50. The topological polar surface area (TPSA) is 54.2 Å². The third kappa shape index (κ3) is 4.83. The molecule has 6 heteroatoms. The summed E-state index contributed by atoms with van der Waals surface area (Å²) in [7, 11) is 0. The van der Waals surface area contributed by atoms with Crippen molar-refractivity contribution in [3.8, 4) is 11.3 Å². The Morgan fingerprint density at radius 1 is 1.15 bits per heavy atom. The van der Waals surface area contributed by atoms with Crippen LogP contribution in [0.2, 0.25) is 0 Å². The van der Waals surface area contributed by atoms with Crippen molar-refractivity contribution in [2.24, 2.45) is 0 Å². The first kappa shape index (κ1) is 19.3. The standard InChI is InChI=1S/C21H28FN5/c1-5-6-11-23-19-9-10-20-24-14-18(27(20)26-19)15-7-8-16(17(22)12-15)13-25-21(2,3)4/h7-10,12,14,25H,5-6,11,13H2,1-4H3,(H,23,26). The van der Waals surface area contributed by atoms with Gasteiger partial charge in [0.1, 0.15) is 11.6 Å². The zero-order valence-corrected chi connectivity index (χ0v) is 16.5. The van der Waals surface area contributed by atoms with E-state index in [1.807, 2.05) is 24.3 Å². The predicted octanol–water partition coefficient (Wildman–Crippen LogP) is 4.64. The average Bonchev–Trinajstić information content (AvgIpc) is 3.03. The van der Waals surface area contributed by atoms with E-state index in [1.165, 1.54) is 0 Å². The Bertz CT molecular complexity index is 911. The van der Waals surface area contributed by atoms with Crippen LogP contribution in [0, 0.1) is 5.82 Å². The Balaban J connectivity index is 1.86. The number of hydrogen-bond donors (Lipinski definition) is 2. The van der Waals surface area contributed by atoms with Crippen molar-refractivity contribution in [1.29, 1.82) is 0 Å². The predicted molar refractivity (Wildman–Crippen MR) is 108 cm³/mol. The van der Waals surface area contributed by atoms with E-state index in [9.17, 15) is 4.39 Å². The summed E-state index contributed by atoms with van der Waals surface area (Å²) in [4.78, 5) is 4.39. The quantitative estimate of drug-likeness (QED) is 0.596. The molecule has 5 nitrogen and oxygen atoms in total. The highest BCUT2D eigenvalue weighted by molar-refractivity contribution is 5.64. The Labute approximate surface area is 160 Å². The fourth-order valence-corrected chi connectivity index (χ4v) is 2.77. The molecule has 0 radical (unpaired) electrons. The molecule has 0 amide bonds. The lowest BCUT2D eigenvalue weighted by atomic mass is 10.1. The number of anilines is 1. The van der Waals surface area contributed by atoms with Crippen LogP contribution < -0.4 is 10.6 Å². The second-order valence-electron chi connectivity index (χ2n) is 7.82. The second kappa shape index (κ2) is 8.05. The van der Waals surface area contributed by atoms with Gasteiger partial charge in [-0.25, -0.2) is 13.9 Å². The number of hydrogen-bond acceptors (Lipinski definition) is 4. The summed E-state index contributed by atoms with van der Waals surface area (Å²) in [6.07, 6.45) is 3.95. The van der Waals surface area contributed by atoms with Gasteiger partial charge in [0.2, 0.25) is 0 Å². The van der Waals surface area contributed by atoms with Crippen LogP contribution in [0.5, 0.6) is 0 Å². The minimum absolute atomic E-state index is 0.0577. The molecule has 3 rings (SSSR count). The van der Waals surface area contributed by atoms with E-state index in [2.05, 4.69) is 48.4 Å². The average molecular weight is 369 g/mol. The SMILES string of the molecule is CCCCNc1ccc2ncc(-c3ccc(CNC(C)(C)C)c(F)c3)n2n1. The van der Waals surface area contributed by atoms with Gasteiger partial charge in [-0.3, -0.25) is 0 Å². The number of fused-ring (bicyclic) bond motifs is 1. The molecule has 1 aromatic carbocycles. The largest absolute Gasteiger partial charge is 0.369 e. The van der Waals surface area contributed by atoms with E-state index in [0.717, 1.165) is 42.1 Å². The lowest BCUT2D eigenvalue weighted by Crippen LogP contribution is -2.35. The molecular weight excluding hydrogens is 341 g/mol. The van der Waals surface area contributed by atoms with Crippen molar-refractivity contribution in [3.05, 3.63) is 47.9 Å². The van der Waals surface area contributed by atoms with Crippen LogP contribution in [-0.4, -0.2) is 26.7 Å². The van der Waals surface area contributed by atoms with Gasteiger partial charge in [-0.15, -0.1) is 5.10 Å². The molecule has 2 N–H and O–H groups in total. The molecule has 3 aromatic rings. The van der Waals surface area contributed by atoms with Crippen molar-refractivity contribution in [2.45, 2.75) is 52.6 Å². The van der Waals surface area contributed by atoms with Crippen molar-refractivity contribution in [3.63, 3.8) is 0 Å². The first-order chi connectivity index (χ1) is 12.9. The molecule has 2 heterocycles. The number of aromatic nitrogens is 3. The fraction of sp³-hybridized carbons (Fsp3) is 0.429. The Kier molecular flexibility index (Phi) is 5.75. The second-order valence-corrected chi connectivity index (χ2v) is 7.82. The van der Waals surface area contributed by atoms with E-state index in [4.69, 9.17) is 0 Å². The van der Waals surface area contributed by atoms with Crippen molar-refractivity contribution in [1.82, 2.24) is 19.9 Å². The molecule has 0 aliphatic rings. The van der Waals surface area contributed by atoms with Crippen LogP contribution in [0.15, 0.2) is 36.5 Å². The third-order valence-corrected chi connectivity index (χ3v) is 4.36. The summed E-state index contributed by atoms with van der Waals surface area (Å²) in [6.45, 7) is 9.72. The first-order valence-electron chi connectivity index (χ1n) is 9.50. The van der Waals surface area contributed by atoms with Crippen molar-refractivity contribution in [2.75, 3.05) is 11.9 Å². The number of imidazole rings is 1. The van der Waals surface area contributed by atoms with Gasteiger partial charge >= 0.3 is 0 Å². The normalized spacial score (nSPS) is 11.9. The smallest absolute Gasteiger partial charge is 0.154 e. The van der Waals surface area contributed by atoms with Gasteiger partial charge in [0.05, 0.1) is 11.9 Å². The number of nitrogens with one attached hydrogen (secondary N) is 2. The van der Waals surface area contributed by atoms with Gasteiger partial charge in [-0.05, 0) is 45.4 Å². The maximum absolute atomic E-state index is 14.6. The Morgan fingerprint density at radius 3 is 2.67 bits per heavy atom. The Morgan fingerprint density at radius 2 is 1.96 bits per heavy atom. The number of halogens is 1. The lowest BCUT2D eigenvalue weighted by molar-refractivity contribution is 0.418. The highest BCUT2D eigenvalue weighted by Crippen LogP contribution is 2.23. The van der Waals surface area contributed by atoms with Gasteiger partial charge < -0.3 is 10.6 Å². The molecule has 27 heavy (non-hydrogen) atoms. The van der Waals surface area contributed by atoms with Crippen LogP contribution in [0.1, 0.15) is 46.1 Å². The molecular formula is C21H28FN5. The van der Waals surface area contributed by atoms with E-state index in [-0.39, 0.29) is 11.4 Å². The van der Waals surface area contributed by atoms with Gasteiger partial charge in [0, 0.05) is 29.8 Å². The van der Waals surface area contributed by atoms with Gasteiger partial charge in [0.25, 0.3) is 0 Å². The van der Waals surface area contributed by atoms with Crippen molar-refractivity contribution < 1.29 is 4.39 Å². The monoisotopic (exact) mass is 369 g/mol. The summed E-state index contributed by atoms with van der Waals surface area (Å²) in [5.74, 6) is 0.568. The molecule has 0 bridgehead atoms. The molecule has 0 atom stereocenters. The summed E-state index contributed by atoms with van der Waals surface area (Å²) in [5.41, 5.74) is 2.87. The van der Waals surface area contributed by atoms with Crippen LogP contribution in [0.25, 0.3) is 16.9 Å². The summed E-state index contributed by atoms with van der Waals surface area (Å²) in [5, 5.41) is 11.2. The molecule has 0 saturated heterocycles. The molecule has 0 spiro atoms. The molecule has 0 unspecified atom stereocenters. The third-order valence-electron chi connectivity index (χ3n) is 4.36. The summed E-state index contributed by atoms with van der Waals surface area (Å²) < 4.78 is 16.4. The zero-order valence-electron chi connectivity index (χ0n) is 16.5. The number of nitrogens with zero attached hydrogens (tertiary/aromatic N) is 3. The molecule has 0 aliphatic heterocycles. The number of rotatable bonds is 7. The fourth-order valence-electron chi connectivity index (χ4n) is 2.77. The summed E-state index contributed by atoms with van der Waals surface area (Å²) >= 11 is 0. The molecule has 2 aromatic heterocycles. The minimum Gasteiger partial charge on any atom is -0.369 e. The van der Waals surface area contributed by atoms with E-state index in [0.29, 0.717) is 12.1 Å². The van der Waals surface area contributed by atoms with Gasteiger partial charge in [-0.1, -0.05) is 25.5 Å². The van der Waals surface area contributed by atoms with Crippen LogP contribution in [-0.2, 0) is 6.54 Å². The maximum Gasteiger partial charge on any atom is 0.154 e. The van der Waals surface area contributed by atoms with Crippen LogP contribution in [0.3, 0.4) is 0 Å². The minimum atomic E-state index is -0.226. The van der Waals surface area contributed by atoms with Gasteiger partial charge in [0.15, 0.2) is 5.65 Å². The number of unbranched alkanes of at least 4 members (excludes halogenated alkanes) is 1. The highest BCUT2D eigenvalue weighted by Gasteiger charge is 2.13. The van der Waals surface area contributed by atoms with Crippen LogP contribution in [0.4, 0.5) is 10.2 Å². The van der Waals surface area contributed by atoms with Gasteiger partial charge in [-0.2, -0.15) is 0 Å². The maximum atomic E-state index is 14.6. The van der Waals surface area contributed by atoms with E-state index in [1.54, 1.807) is 16.8 Å². The molecule has 144 valence electrons. The van der Waals surface area contributed by atoms with Crippen LogP contribution >= 0.6 is 0 Å². The Hall–Kier alpha value is -2.47. The number of benzene rings is 1. The zero-order chi connectivity index (χ0) is 19.4. The molecule has 0 aliphatic carbocycles. The van der Waals surface area contributed by atoms with Crippen molar-refractivity contribution >= 4 is 11.5 Å². The highest BCUT2D eigenvalue weighted by atomic mass is 19.1. The summed E-state index contributed by atoms with van der Waals surface area (Å²) in [6, 6.07) is 9.14. The van der Waals surface area contributed by atoms with E-state index >= 15 is 0 Å².